The first-order chi connectivity index (χ1) is 10.3. The van der Waals surface area contributed by atoms with Crippen LogP contribution < -0.4 is 5.32 Å². The van der Waals surface area contributed by atoms with Crippen molar-refractivity contribution in [1.82, 2.24) is 14.9 Å². The van der Waals surface area contributed by atoms with Crippen molar-refractivity contribution in [1.29, 1.82) is 0 Å². The molecule has 0 bridgehead atoms. The molecule has 1 aliphatic carbocycles. The van der Waals surface area contributed by atoms with Crippen molar-refractivity contribution < 1.29 is 0 Å². The summed E-state index contributed by atoms with van der Waals surface area (Å²) in [4.78, 5) is 4.60. The molecule has 3 nitrogen and oxygen atoms in total. The molecule has 0 radical (unpaired) electrons. The highest BCUT2D eigenvalue weighted by Gasteiger charge is 2.16. The van der Waals surface area contributed by atoms with Crippen LogP contribution in [-0.4, -0.2) is 16.1 Å². The van der Waals surface area contributed by atoms with E-state index in [4.69, 9.17) is 0 Å². The van der Waals surface area contributed by atoms with Crippen molar-refractivity contribution in [2.24, 2.45) is 0 Å². The molecule has 1 heterocycles. The Balaban J connectivity index is 1.83. The quantitative estimate of drug-likeness (QED) is 0.850. The van der Waals surface area contributed by atoms with Crippen LogP contribution in [0.15, 0.2) is 24.5 Å². The summed E-state index contributed by atoms with van der Waals surface area (Å²) < 4.78 is 2.28. The van der Waals surface area contributed by atoms with Gasteiger partial charge < -0.3 is 9.88 Å². The number of benzene rings is 1. The molecule has 0 fully saturated rings. The van der Waals surface area contributed by atoms with Crippen LogP contribution in [0.25, 0.3) is 5.69 Å². The van der Waals surface area contributed by atoms with Crippen LogP contribution in [0, 0.1) is 6.92 Å². The van der Waals surface area contributed by atoms with Crippen molar-refractivity contribution in [3.63, 3.8) is 0 Å². The fourth-order valence-corrected chi connectivity index (χ4v) is 3.12. The van der Waals surface area contributed by atoms with Gasteiger partial charge in [-0.05, 0) is 68.8 Å². The van der Waals surface area contributed by atoms with E-state index in [0.29, 0.717) is 0 Å². The normalized spacial score (nSPS) is 14.2. The molecule has 0 amide bonds. The second kappa shape index (κ2) is 6.44. The lowest BCUT2D eigenvalue weighted by molar-refractivity contribution is 0.655. The van der Waals surface area contributed by atoms with Crippen molar-refractivity contribution in [2.75, 3.05) is 6.54 Å². The highest BCUT2D eigenvalue weighted by Crippen LogP contribution is 2.24. The predicted molar refractivity (Wildman–Crippen MR) is 86.9 cm³/mol. The third-order valence-electron chi connectivity index (χ3n) is 4.38. The first kappa shape index (κ1) is 14.3. The third kappa shape index (κ3) is 3.03. The van der Waals surface area contributed by atoms with Gasteiger partial charge in [-0.3, -0.25) is 0 Å². The number of nitrogens with one attached hydrogen (secondary N) is 1. The van der Waals surface area contributed by atoms with Crippen LogP contribution in [-0.2, 0) is 19.4 Å². The highest BCUT2D eigenvalue weighted by atomic mass is 15.1. The second-order valence-electron chi connectivity index (χ2n) is 6.00. The first-order valence-corrected chi connectivity index (χ1v) is 8.15. The van der Waals surface area contributed by atoms with E-state index in [1.165, 1.54) is 47.5 Å². The fraction of sp³-hybridized carbons (Fsp3) is 0.500. The van der Waals surface area contributed by atoms with E-state index in [2.05, 4.69) is 46.9 Å². The van der Waals surface area contributed by atoms with Crippen molar-refractivity contribution in [3.8, 4) is 5.69 Å². The number of imidazole rings is 1. The number of hydrogen-bond acceptors (Lipinski definition) is 2. The molecule has 1 aliphatic rings. The molecule has 1 aromatic heterocycles. The molecule has 1 N–H and O–H groups in total. The molecule has 2 aromatic rings. The van der Waals surface area contributed by atoms with Crippen LogP contribution in [0.2, 0.25) is 0 Å². The molecule has 0 spiro atoms. The van der Waals surface area contributed by atoms with Crippen LogP contribution in [0.4, 0.5) is 0 Å². The fourth-order valence-electron chi connectivity index (χ4n) is 3.12. The lowest BCUT2D eigenvalue weighted by Crippen LogP contribution is -2.14. The van der Waals surface area contributed by atoms with Crippen molar-refractivity contribution in [3.05, 3.63) is 47.0 Å². The number of nitrogens with zero attached hydrogens (tertiary/aromatic N) is 2. The largest absolute Gasteiger partial charge is 0.313 e. The van der Waals surface area contributed by atoms with E-state index in [1.807, 2.05) is 6.33 Å². The maximum Gasteiger partial charge on any atom is 0.0997 e. The van der Waals surface area contributed by atoms with Gasteiger partial charge in [0.25, 0.3) is 0 Å². The van der Waals surface area contributed by atoms with Gasteiger partial charge in [-0.25, -0.2) is 4.98 Å². The zero-order valence-corrected chi connectivity index (χ0v) is 13.2. The summed E-state index contributed by atoms with van der Waals surface area (Å²) in [5, 5.41) is 3.48. The Hall–Kier alpha value is -1.61. The standard InChI is InChI=1S/C18H25N3/c1-3-10-19-12-15-8-9-16(11-14(15)2)21-13-20-17-6-4-5-7-18(17)21/h8-9,11,13,19H,3-7,10,12H2,1-2H3. The van der Waals surface area contributed by atoms with Gasteiger partial charge in [0.05, 0.1) is 12.0 Å². The number of aromatic nitrogens is 2. The van der Waals surface area contributed by atoms with Gasteiger partial charge in [-0.1, -0.05) is 13.0 Å². The summed E-state index contributed by atoms with van der Waals surface area (Å²) >= 11 is 0. The molecule has 1 aromatic carbocycles. The van der Waals surface area contributed by atoms with Crippen LogP contribution in [0.5, 0.6) is 0 Å². The predicted octanol–water partition coefficient (Wildman–Crippen LogP) is 3.56. The lowest BCUT2D eigenvalue weighted by atomic mass is 10.0. The van der Waals surface area contributed by atoms with E-state index >= 15 is 0 Å². The SMILES string of the molecule is CCCNCc1ccc(-n2cnc3c2CCCC3)cc1C. The number of hydrogen-bond donors (Lipinski definition) is 1. The summed E-state index contributed by atoms with van der Waals surface area (Å²) in [5.41, 5.74) is 6.71. The van der Waals surface area contributed by atoms with Crippen LogP contribution >= 0.6 is 0 Å². The molecule has 0 saturated carbocycles. The van der Waals surface area contributed by atoms with Gasteiger partial charge >= 0.3 is 0 Å². The zero-order valence-electron chi connectivity index (χ0n) is 13.2. The number of fused-ring (bicyclic) bond motifs is 1. The molecule has 112 valence electrons. The topological polar surface area (TPSA) is 29.9 Å². The van der Waals surface area contributed by atoms with E-state index in [1.54, 1.807) is 0 Å². The number of aryl methyl sites for hydroxylation is 2. The van der Waals surface area contributed by atoms with E-state index in [-0.39, 0.29) is 0 Å². The first-order valence-electron chi connectivity index (χ1n) is 8.15. The van der Waals surface area contributed by atoms with Gasteiger partial charge in [0.1, 0.15) is 0 Å². The minimum Gasteiger partial charge on any atom is -0.313 e. The highest BCUT2D eigenvalue weighted by molar-refractivity contribution is 5.42. The smallest absolute Gasteiger partial charge is 0.0997 e. The van der Waals surface area contributed by atoms with Gasteiger partial charge in [0.2, 0.25) is 0 Å². The average Bonchev–Trinajstić information content (AvgIpc) is 2.93. The van der Waals surface area contributed by atoms with Gasteiger partial charge in [0.15, 0.2) is 0 Å². The number of rotatable bonds is 5. The Kier molecular flexibility index (Phi) is 4.39. The molecule has 0 atom stereocenters. The summed E-state index contributed by atoms with van der Waals surface area (Å²) in [6.45, 7) is 6.44. The van der Waals surface area contributed by atoms with Crippen LogP contribution in [0.3, 0.4) is 0 Å². The van der Waals surface area contributed by atoms with Gasteiger partial charge in [0, 0.05) is 17.9 Å². The second-order valence-corrected chi connectivity index (χ2v) is 6.00. The maximum absolute atomic E-state index is 4.60. The lowest BCUT2D eigenvalue weighted by Gasteiger charge is -2.15. The third-order valence-corrected chi connectivity index (χ3v) is 4.38. The molecule has 3 heteroatoms. The average molecular weight is 283 g/mol. The molecule has 3 rings (SSSR count). The van der Waals surface area contributed by atoms with Gasteiger partial charge in [-0.2, -0.15) is 0 Å². The summed E-state index contributed by atoms with van der Waals surface area (Å²) in [7, 11) is 0. The van der Waals surface area contributed by atoms with Crippen LogP contribution in [0.1, 0.15) is 48.7 Å². The van der Waals surface area contributed by atoms with Crippen molar-refractivity contribution >= 4 is 0 Å². The van der Waals surface area contributed by atoms with Gasteiger partial charge in [-0.15, -0.1) is 0 Å². The molecule has 21 heavy (non-hydrogen) atoms. The Labute approximate surface area is 127 Å². The molecular weight excluding hydrogens is 258 g/mol. The molecular formula is C18H25N3. The Morgan fingerprint density at radius 2 is 2.10 bits per heavy atom. The summed E-state index contributed by atoms with van der Waals surface area (Å²) in [6.07, 6.45) is 8.05. The molecule has 0 saturated heterocycles. The van der Waals surface area contributed by atoms with E-state index < -0.39 is 0 Å². The van der Waals surface area contributed by atoms with E-state index in [9.17, 15) is 0 Å². The Morgan fingerprint density at radius 3 is 2.90 bits per heavy atom. The maximum atomic E-state index is 4.60. The monoisotopic (exact) mass is 283 g/mol. The molecule has 0 aliphatic heterocycles. The summed E-state index contributed by atoms with van der Waals surface area (Å²) in [5.74, 6) is 0. The Morgan fingerprint density at radius 1 is 1.24 bits per heavy atom. The Bertz CT molecular complexity index is 613. The molecule has 0 unspecified atom stereocenters. The van der Waals surface area contributed by atoms with E-state index in [0.717, 1.165) is 25.9 Å². The minimum absolute atomic E-state index is 0.960. The summed E-state index contributed by atoms with van der Waals surface area (Å²) in [6, 6.07) is 6.77. The zero-order chi connectivity index (χ0) is 14.7. The van der Waals surface area contributed by atoms with Crippen molar-refractivity contribution in [2.45, 2.75) is 52.5 Å². The minimum atomic E-state index is 0.960.